The molecule has 0 spiro atoms. The lowest BCUT2D eigenvalue weighted by atomic mass is 9.90. The number of ether oxygens (including phenoxy) is 2. The maximum atomic E-state index is 11.7. The molecule has 0 aromatic carbocycles. The van der Waals surface area contributed by atoms with Gasteiger partial charge in [-0.25, -0.2) is 9.59 Å². The van der Waals surface area contributed by atoms with Crippen LogP contribution in [0.3, 0.4) is 0 Å². The van der Waals surface area contributed by atoms with Gasteiger partial charge in [0.25, 0.3) is 0 Å². The fourth-order valence-electron chi connectivity index (χ4n) is 3.57. The van der Waals surface area contributed by atoms with Crippen LogP contribution in [0, 0.1) is 5.41 Å². The van der Waals surface area contributed by atoms with Crippen LogP contribution in [0.2, 0.25) is 0 Å². The minimum absolute atomic E-state index is 0.128. The molecule has 0 aliphatic carbocycles. The van der Waals surface area contributed by atoms with Gasteiger partial charge < -0.3 is 9.47 Å². The van der Waals surface area contributed by atoms with Crippen molar-refractivity contribution in [3.63, 3.8) is 0 Å². The molecule has 4 nitrogen and oxygen atoms in total. The molecule has 0 bridgehead atoms. The Labute approximate surface area is 205 Å². The van der Waals surface area contributed by atoms with Gasteiger partial charge in [-0.1, -0.05) is 130 Å². The van der Waals surface area contributed by atoms with Gasteiger partial charge in [-0.05, 0) is 18.8 Å². The van der Waals surface area contributed by atoms with Crippen LogP contribution in [-0.2, 0) is 19.1 Å². The van der Waals surface area contributed by atoms with Crippen LogP contribution >= 0.6 is 0 Å². The predicted molar refractivity (Wildman–Crippen MR) is 139 cm³/mol. The highest BCUT2D eigenvalue weighted by atomic mass is 16.5. The quantitative estimate of drug-likeness (QED) is 0.0964. The molecule has 0 saturated heterocycles. The van der Waals surface area contributed by atoms with Crippen molar-refractivity contribution in [1.29, 1.82) is 0 Å². The van der Waals surface area contributed by atoms with Crippen molar-refractivity contribution in [1.82, 2.24) is 0 Å². The van der Waals surface area contributed by atoms with Gasteiger partial charge in [-0.2, -0.15) is 0 Å². The summed E-state index contributed by atoms with van der Waals surface area (Å²) in [7, 11) is 0. The van der Waals surface area contributed by atoms with E-state index in [4.69, 9.17) is 9.47 Å². The summed E-state index contributed by atoms with van der Waals surface area (Å²) < 4.78 is 10.4. The zero-order valence-electron chi connectivity index (χ0n) is 22.6. The summed E-state index contributed by atoms with van der Waals surface area (Å²) in [6.07, 6.45) is 24.6. The topological polar surface area (TPSA) is 52.6 Å². The second-order valence-corrected chi connectivity index (χ2v) is 10.6. The van der Waals surface area contributed by atoms with Crippen LogP contribution in [0.25, 0.3) is 0 Å². The molecule has 1 unspecified atom stereocenters. The Morgan fingerprint density at radius 1 is 0.636 bits per heavy atom. The van der Waals surface area contributed by atoms with E-state index in [2.05, 4.69) is 6.92 Å². The lowest BCUT2D eigenvalue weighted by Crippen LogP contribution is -2.28. The summed E-state index contributed by atoms with van der Waals surface area (Å²) in [5.41, 5.74) is -0.128. The van der Waals surface area contributed by atoms with Crippen LogP contribution in [0.15, 0.2) is 12.2 Å². The van der Waals surface area contributed by atoms with E-state index in [1.165, 1.54) is 96.3 Å². The summed E-state index contributed by atoms with van der Waals surface area (Å²) in [5.74, 6) is -0.987. The molecule has 1 atom stereocenters. The molecular formula is C29H54O4. The number of unbranched alkanes of at least 4 members (excludes halogenated alkanes) is 16. The Kier molecular flexibility index (Phi) is 20.4. The number of carbonyl (C=O) groups excluding carboxylic acids is 2. The third kappa shape index (κ3) is 22.2. The Balaban J connectivity index is 3.40. The minimum atomic E-state index is -0.507. The van der Waals surface area contributed by atoms with Crippen molar-refractivity contribution in [2.75, 3.05) is 6.61 Å². The highest BCUT2D eigenvalue weighted by Gasteiger charge is 2.22. The van der Waals surface area contributed by atoms with E-state index in [-0.39, 0.29) is 11.5 Å². The van der Waals surface area contributed by atoms with Crippen molar-refractivity contribution in [3.05, 3.63) is 12.2 Å². The fourth-order valence-corrected chi connectivity index (χ4v) is 3.57. The summed E-state index contributed by atoms with van der Waals surface area (Å²) in [4.78, 5) is 23.4. The van der Waals surface area contributed by atoms with Crippen molar-refractivity contribution in [3.8, 4) is 0 Å². The SMILES string of the molecule is CCCCCCCCCCCCCCCCCCCOC(=O)/C=C/C(=O)OC(C)C(C)(C)C. The zero-order valence-corrected chi connectivity index (χ0v) is 22.6. The van der Waals surface area contributed by atoms with E-state index in [1.807, 2.05) is 27.7 Å². The average Bonchev–Trinajstić information content (AvgIpc) is 2.76. The molecule has 4 heteroatoms. The molecule has 0 aliphatic heterocycles. The average molecular weight is 467 g/mol. The molecule has 194 valence electrons. The highest BCUT2D eigenvalue weighted by Crippen LogP contribution is 2.21. The third-order valence-electron chi connectivity index (χ3n) is 6.36. The molecule has 0 heterocycles. The Morgan fingerprint density at radius 2 is 1.00 bits per heavy atom. The molecule has 33 heavy (non-hydrogen) atoms. The van der Waals surface area contributed by atoms with Crippen molar-refractivity contribution >= 4 is 11.9 Å². The molecule has 0 radical (unpaired) electrons. The summed E-state index contributed by atoms with van der Waals surface area (Å²) in [6.45, 7) is 10.5. The second-order valence-electron chi connectivity index (χ2n) is 10.6. The standard InChI is InChI=1S/C29H54O4/c1-6-7-8-9-10-11-12-13-14-15-16-17-18-19-20-21-22-25-32-27(30)23-24-28(31)33-26(2)29(3,4)5/h23-24,26H,6-22,25H2,1-5H3/b24-23+. The normalized spacial score (nSPS) is 12.8. The van der Waals surface area contributed by atoms with Gasteiger partial charge in [0.2, 0.25) is 0 Å². The summed E-state index contributed by atoms with van der Waals surface area (Å²) in [6, 6.07) is 0. The van der Waals surface area contributed by atoms with Gasteiger partial charge in [-0.15, -0.1) is 0 Å². The molecule has 0 aromatic heterocycles. The van der Waals surface area contributed by atoms with Gasteiger partial charge in [0, 0.05) is 12.2 Å². The maximum absolute atomic E-state index is 11.7. The number of rotatable bonds is 21. The van der Waals surface area contributed by atoms with Crippen LogP contribution < -0.4 is 0 Å². The molecular weight excluding hydrogens is 412 g/mol. The first-order valence-corrected chi connectivity index (χ1v) is 13.8. The van der Waals surface area contributed by atoms with Gasteiger partial charge in [0.1, 0.15) is 6.10 Å². The number of carbonyl (C=O) groups is 2. The number of hydrogen-bond donors (Lipinski definition) is 0. The van der Waals surface area contributed by atoms with E-state index < -0.39 is 11.9 Å². The lowest BCUT2D eigenvalue weighted by Gasteiger charge is -2.26. The first kappa shape index (κ1) is 31.7. The molecule has 0 amide bonds. The van der Waals surface area contributed by atoms with Gasteiger partial charge in [0.15, 0.2) is 0 Å². The zero-order chi connectivity index (χ0) is 24.8. The molecule has 0 fully saturated rings. The van der Waals surface area contributed by atoms with Gasteiger partial charge in [0.05, 0.1) is 6.61 Å². The van der Waals surface area contributed by atoms with Crippen molar-refractivity contribution < 1.29 is 19.1 Å². The predicted octanol–water partition coefficient (Wildman–Crippen LogP) is 8.72. The van der Waals surface area contributed by atoms with Gasteiger partial charge >= 0.3 is 11.9 Å². The van der Waals surface area contributed by atoms with Crippen molar-refractivity contribution in [2.45, 2.75) is 150 Å². The van der Waals surface area contributed by atoms with Crippen LogP contribution in [0.1, 0.15) is 144 Å². The van der Waals surface area contributed by atoms with E-state index in [9.17, 15) is 9.59 Å². The Morgan fingerprint density at radius 3 is 1.39 bits per heavy atom. The van der Waals surface area contributed by atoms with E-state index in [0.29, 0.717) is 6.61 Å². The largest absolute Gasteiger partial charge is 0.463 e. The number of hydrogen-bond acceptors (Lipinski definition) is 4. The first-order valence-electron chi connectivity index (χ1n) is 13.8. The summed E-state index contributed by atoms with van der Waals surface area (Å²) >= 11 is 0. The Bertz CT molecular complexity index is 504. The fraction of sp³-hybridized carbons (Fsp3) is 0.862. The molecule has 0 saturated carbocycles. The molecule has 0 N–H and O–H groups in total. The smallest absolute Gasteiger partial charge is 0.331 e. The van der Waals surface area contributed by atoms with Crippen LogP contribution in [0.5, 0.6) is 0 Å². The van der Waals surface area contributed by atoms with Crippen molar-refractivity contribution in [2.24, 2.45) is 5.41 Å². The monoisotopic (exact) mass is 466 g/mol. The summed E-state index contributed by atoms with van der Waals surface area (Å²) in [5, 5.41) is 0. The van der Waals surface area contributed by atoms with Crippen LogP contribution in [0.4, 0.5) is 0 Å². The third-order valence-corrected chi connectivity index (χ3v) is 6.36. The highest BCUT2D eigenvalue weighted by molar-refractivity contribution is 5.91. The maximum Gasteiger partial charge on any atom is 0.331 e. The number of esters is 2. The molecule has 0 aliphatic rings. The van der Waals surface area contributed by atoms with Crippen LogP contribution in [-0.4, -0.2) is 24.6 Å². The van der Waals surface area contributed by atoms with Gasteiger partial charge in [-0.3, -0.25) is 0 Å². The molecule has 0 aromatic rings. The van der Waals surface area contributed by atoms with E-state index >= 15 is 0 Å². The van der Waals surface area contributed by atoms with E-state index in [0.717, 1.165) is 25.0 Å². The lowest BCUT2D eigenvalue weighted by molar-refractivity contribution is -0.147. The second kappa shape index (κ2) is 21.2. The minimum Gasteiger partial charge on any atom is -0.463 e. The Hall–Kier alpha value is -1.32. The molecule has 0 rings (SSSR count). The van der Waals surface area contributed by atoms with E-state index in [1.54, 1.807) is 0 Å². The first-order chi connectivity index (χ1) is 15.8.